The molecular formula is C31H32N2. The SMILES string of the molecule is C=C(/C=C\C)c1ccc2cc(-c3ccc(C)c(C)c3-n3c(C)nc(C)c3/C=C\C)ccc2c1. The molecule has 3 aromatic carbocycles. The maximum atomic E-state index is 4.80. The molecule has 0 unspecified atom stereocenters. The third-order valence-corrected chi connectivity index (χ3v) is 6.40. The molecule has 0 aliphatic rings. The van der Waals surface area contributed by atoms with E-state index in [0.717, 1.165) is 28.3 Å². The summed E-state index contributed by atoms with van der Waals surface area (Å²) in [5.74, 6) is 1.00. The average molecular weight is 433 g/mol. The molecule has 0 spiro atoms. The van der Waals surface area contributed by atoms with Gasteiger partial charge in [-0.05, 0) is 98.4 Å². The summed E-state index contributed by atoms with van der Waals surface area (Å²) in [5.41, 5.74) is 10.5. The molecule has 33 heavy (non-hydrogen) atoms. The van der Waals surface area contributed by atoms with E-state index in [1.54, 1.807) is 0 Å². The van der Waals surface area contributed by atoms with E-state index in [1.807, 2.05) is 13.0 Å². The Hall–Kier alpha value is -3.65. The Morgan fingerprint density at radius 3 is 2.33 bits per heavy atom. The average Bonchev–Trinajstić information content (AvgIpc) is 3.07. The zero-order chi connectivity index (χ0) is 23.7. The topological polar surface area (TPSA) is 17.8 Å². The van der Waals surface area contributed by atoms with Crippen LogP contribution in [0.3, 0.4) is 0 Å². The molecule has 0 atom stereocenters. The number of aryl methyl sites for hydroxylation is 3. The summed E-state index contributed by atoms with van der Waals surface area (Å²) in [4.78, 5) is 4.80. The van der Waals surface area contributed by atoms with Crippen molar-refractivity contribution in [2.45, 2.75) is 41.5 Å². The second-order valence-corrected chi connectivity index (χ2v) is 8.67. The Kier molecular flexibility index (Phi) is 6.20. The van der Waals surface area contributed by atoms with Crippen LogP contribution in [0, 0.1) is 27.7 Å². The molecule has 2 nitrogen and oxygen atoms in total. The fraction of sp³-hybridized carbons (Fsp3) is 0.194. The van der Waals surface area contributed by atoms with Gasteiger partial charge in [-0.15, -0.1) is 0 Å². The van der Waals surface area contributed by atoms with Gasteiger partial charge in [0.25, 0.3) is 0 Å². The number of aromatic nitrogens is 2. The molecule has 0 aliphatic carbocycles. The fourth-order valence-electron chi connectivity index (χ4n) is 4.55. The Balaban J connectivity index is 1.93. The minimum Gasteiger partial charge on any atom is -0.296 e. The molecular weight excluding hydrogens is 400 g/mol. The van der Waals surface area contributed by atoms with Crippen LogP contribution in [0.4, 0.5) is 0 Å². The quantitative estimate of drug-likeness (QED) is 0.289. The smallest absolute Gasteiger partial charge is 0.110 e. The van der Waals surface area contributed by atoms with Gasteiger partial charge in [-0.3, -0.25) is 4.57 Å². The number of hydrogen-bond donors (Lipinski definition) is 0. The van der Waals surface area contributed by atoms with Crippen LogP contribution in [0.1, 0.15) is 47.8 Å². The van der Waals surface area contributed by atoms with Gasteiger partial charge >= 0.3 is 0 Å². The standard InChI is InChI=1S/C31H32N2/c1-8-10-21(4)25-13-14-27-19-28(16-15-26(27)18-25)29-17-12-20(3)22(5)31(29)33-24(7)32-23(6)30(33)11-9-2/h8-19H,4H2,1-3,5-7H3/b10-8-,11-9-. The summed E-state index contributed by atoms with van der Waals surface area (Å²) in [7, 11) is 0. The summed E-state index contributed by atoms with van der Waals surface area (Å²) in [6.45, 7) is 16.8. The number of rotatable bonds is 5. The third-order valence-electron chi connectivity index (χ3n) is 6.40. The lowest BCUT2D eigenvalue weighted by atomic mass is 9.94. The van der Waals surface area contributed by atoms with Crippen molar-refractivity contribution in [3.63, 3.8) is 0 Å². The summed E-state index contributed by atoms with van der Waals surface area (Å²) >= 11 is 0. The molecule has 0 aliphatic heterocycles. The largest absolute Gasteiger partial charge is 0.296 e. The van der Waals surface area contributed by atoms with Crippen molar-refractivity contribution >= 4 is 22.4 Å². The number of benzene rings is 3. The molecule has 2 heteroatoms. The molecule has 4 aromatic rings. The lowest BCUT2D eigenvalue weighted by molar-refractivity contribution is 0.954. The molecule has 0 saturated carbocycles. The second kappa shape index (κ2) is 9.07. The number of fused-ring (bicyclic) bond motifs is 1. The monoisotopic (exact) mass is 432 g/mol. The molecule has 0 bridgehead atoms. The predicted octanol–water partition coefficient (Wildman–Crippen LogP) is 8.55. The molecule has 0 N–H and O–H groups in total. The number of imidazole rings is 1. The van der Waals surface area contributed by atoms with Gasteiger partial charge in [0.05, 0.1) is 17.1 Å². The van der Waals surface area contributed by atoms with Crippen LogP contribution in [-0.4, -0.2) is 9.55 Å². The van der Waals surface area contributed by atoms with E-state index in [9.17, 15) is 0 Å². The lowest BCUT2D eigenvalue weighted by Crippen LogP contribution is -2.06. The van der Waals surface area contributed by atoms with Crippen LogP contribution in [0.25, 0.3) is 39.2 Å². The van der Waals surface area contributed by atoms with Gasteiger partial charge in [-0.2, -0.15) is 0 Å². The predicted molar refractivity (Wildman–Crippen MR) is 144 cm³/mol. The van der Waals surface area contributed by atoms with Crippen LogP contribution in [0.5, 0.6) is 0 Å². The summed E-state index contributed by atoms with van der Waals surface area (Å²) < 4.78 is 2.31. The Labute approximate surface area is 197 Å². The minimum absolute atomic E-state index is 1.00. The molecule has 1 aromatic heterocycles. The van der Waals surface area contributed by atoms with Gasteiger partial charge in [0.15, 0.2) is 0 Å². The van der Waals surface area contributed by atoms with E-state index >= 15 is 0 Å². The fourth-order valence-corrected chi connectivity index (χ4v) is 4.55. The van der Waals surface area contributed by atoms with E-state index in [-0.39, 0.29) is 0 Å². The normalized spacial score (nSPS) is 11.8. The zero-order valence-electron chi connectivity index (χ0n) is 20.5. The molecule has 0 fully saturated rings. The van der Waals surface area contributed by atoms with Crippen molar-refractivity contribution in [3.8, 4) is 16.8 Å². The van der Waals surface area contributed by atoms with Crippen LogP contribution < -0.4 is 0 Å². The number of nitrogens with zero attached hydrogens (tertiary/aromatic N) is 2. The van der Waals surface area contributed by atoms with Crippen LogP contribution in [0.15, 0.2) is 73.3 Å². The van der Waals surface area contributed by atoms with E-state index in [4.69, 9.17) is 4.98 Å². The highest BCUT2D eigenvalue weighted by Crippen LogP contribution is 2.35. The Bertz CT molecular complexity index is 1430. The van der Waals surface area contributed by atoms with Crippen LogP contribution in [-0.2, 0) is 0 Å². The van der Waals surface area contributed by atoms with Gasteiger partial charge in [0.2, 0.25) is 0 Å². The third kappa shape index (κ3) is 4.09. The highest BCUT2D eigenvalue weighted by Gasteiger charge is 2.18. The first-order valence-electron chi connectivity index (χ1n) is 11.5. The van der Waals surface area contributed by atoms with Crippen molar-refractivity contribution in [2.75, 3.05) is 0 Å². The van der Waals surface area contributed by atoms with Crippen molar-refractivity contribution in [1.29, 1.82) is 0 Å². The van der Waals surface area contributed by atoms with Gasteiger partial charge in [0, 0.05) is 5.56 Å². The first-order chi connectivity index (χ1) is 15.8. The minimum atomic E-state index is 1.00. The van der Waals surface area contributed by atoms with Crippen molar-refractivity contribution in [2.24, 2.45) is 0 Å². The summed E-state index contributed by atoms with van der Waals surface area (Å²) in [5, 5.41) is 2.44. The molecule has 0 saturated heterocycles. The van der Waals surface area contributed by atoms with E-state index in [0.29, 0.717) is 0 Å². The highest BCUT2D eigenvalue weighted by molar-refractivity contribution is 5.92. The Morgan fingerprint density at radius 1 is 0.879 bits per heavy atom. The lowest BCUT2D eigenvalue weighted by Gasteiger charge is -2.19. The maximum absolute atomic E-state index is 4.80. The van der Waals surface area contributed by atoms with E-state index in [1.165, 1.54) is 38.7 Å². The second-order valence-electron chi connectivity index (χ2n) is 8.67. The van der Waals surface area contributed by atoms with Crippen molar-refractivity contribution in [1.82, 2.24) is 9.55 Å². The summed E-state index contributed by atoms with van der Waals surface area (Å²) in [6.07, 6.45) is 8.31. The molecule has 0 amide bonds. The van der Waals surface area contributed by atoms with Crippen LogP contribution in [0.2, 0.25) is 0 Å². The molecule has 4 rings (SSSR count). The molecule has 166 valence electrons. The first-order valence-corrected chi connectivity index (χ1v) is 11.5. The number of hydrogen-bond acceptors (Lipinski definition) is 1. The van der Waals surface area contributed by atoms with E-state index in [2.05, 4.69) is 113 Å². The summed E-state index contributed by atoms with van der Waals surface area (Å²) in [6, 6.07) is 17.8. The maximum Gasteiger partial charge on any atom is 0.110 e. The van der Waals surface area contributed by atoms with Crippen LogP contribution >= 0.6 is 0 Å². The van der Waals surface area contributed by atoms with Crippen molar-refractivity contribution in [3.05, 3.63) is 107 Å². The van der Waals surface area contributed by atoms with Gasteiger partial charge in [-0.25, -0.2) is 4.98 Å². The highest BCUT2D eigenvalue weighted by atomic mass is 15.1. The van der Waals surface area contributed by atoms with E-state index < -0.39 is 0 Å². The van der Waals surface area contributed by atoms with Gasteiger partial charge in [0.1, 0.15) is 5.82 Å². The molecule has 1 heterocycles. The van der Waals surface area contributed by atoms with Gasteiger partial charge in [-0.1, -0.05) is 61.2 Å². The Morgan fingerprint density at radius 2 is 1.61 bits per heavy atom. The number of allylic oxidation sites excluding steroid dienone is 4. The van der Waals surface area contributed by atoms with Crippen molar-refractivity contribution < 1.29 is 0 Å². The van der Waals surface area contributed by atoms with Gasteiger partial charge < -0.3 is 0 Å². The molecule has 0 radical (unpaired) electrons. The first kappa shape index (κ1) is 22.5. The zero-order valence-corrected chi connectivity index (χ0v) is 20.5.